The Morgan fingerprint density at radius 2 is 2.15 bits per heavy atom. The summed E-state index contributed by atoms with van der Waals surface area (Å²) in [5.74, 6) is 0.490. The Kier molecular flexibility index (Phi) is 4.34. The third-order valence-corrected chi connectivity index (χ3v) is 6.88. The standard InChI is InChI=1S/C16H21BrO2S/c1-11-9-13(20-15(11)17)14(18)12-5-8-19-16(10-12)6-3-2-4-7-16/h9,12H,2-8,10H2,1H3. The third-order valence-electron chi connectivity index (χ3n) is 4.73. The van der Waals surface area contributed by atoms with Gasteiger partial charge in [0.1, 0.15) is 0 Å². The van der Waals surface area contributed by atoms with Gasteiger partial charge in [-0.05, 0) is 60.2 Å². The lowest BCUT2D eigenvalue weighted by atomic mass is 9.75. The topological polar surface area (TPSA) is 26.3 Å². The average Bonchev–Trinajstić information content (AvgIpc) is 2.79. The average molecular weight is 357 g/mol. The van der Waals surface area contributed by atoms with Gasteiger partial charge < -0.3 is 4.74 Å². The van der Waals surface area contributed by atoms with Crippen LogP contribution in [0, 0.1) is 12.8 Å². The van der Waals surface area contributed by atoms with Crippen LogP contribution in [0.4, 0.5) is 0 Å². The van der Waals surface area contributed by atoms with Crippen LogP contribution in [-0.2, 0) is 4.74 Å². The Morgan fingerprint density at radius 3 is 2.80 bits per heavy atom. The lowest BCUT2D eigenvalue weighted by molar-refractivity contribution is -0.111. The molecule has 1 saturated carbocycles. The molecule has 1 aliphatic heterocycles. The maximum atomic E-state index is 12.7. The molecule has 2 aliphatic rings. The molecule has 2 fully saturated rings. The lowest BCUT2D eigenvalue weighted by Gasteiger charge is -2.43. The summed E-state index contributed by atoms with van der Waals surface area (Å²) in [6.45, 7) is 2.80. The zero-order valence-electron chi connectivity index (χ0n) is 11.9. The Hall–Kier alpha value is -0.190. The Morgan fingerprint density at radius 1 is 1.40 bits per heavy atom. The maximum absolute atomic E-state index is 12.7. The number of hydrogen-bond acceptors (Lipinski definition) is 3. The van der Waals surface area contributed by atoms with Crippen molar-refractivity contribution in [2.24, 2.45) is 5.92 Å². The minimum atomic E-state index is 0.0142. The van der Waals surface area contributed by atoms with E-state index >= 15 is 0 Å². The number of rotatable bonds is 2. The molecular weight excluding hydrogens is 336 g/mol. The summed E-state index contributed by atoms with van der Waals surface area (Å²) >= 11 is 5.10. The van der Waals surface area contributed by atoms with Crippen molar-refractivity contribution in [2.75, 3.05) is 6.61 Å². The van der Waals surface area contributed by atoms with Gasteiger partial charge in [-0.1, -0.05) is 19.3 Å². The molecule has 20 heavy (non-hydrogen) atoms. The highest BCUT2D eigenvalue weighted by atomic mass is 79.9. The molecule has 1 aromatic rings. The molecule has 1 aliphatic carbocycles. The van der Waals surface area contributed by atoms with E-state index in [2.05, 4.69) is 15.9 Å². The van der Waals surface area contributed by atoms with Crippen molar-refractivity contribution in [1.29, 1.82) is 0 Å². The number of thiophene rings is 1. The number of ketones is 1. The van der Waals surface area contributed by atoms with Crippen molar-refractivity contribution in [2.45, 2.75) is 57.5 Å². The fourth-order valence-electron chi connectivity index (χ4n) is 3.58. The number of carbonyl (C=O) groups excluding carboxylic acids is 1. The zero-order valence-corrected chi connectivity index (χ0v) is 14.3. The normalized spacial score (nSPS) is 25.8. The lowest BCUT2D eigenvalue weighted by Crippen LogP contribution is -2.43. The van der Waals surface area contributed by atoms with E-state index in [1.165, 1.54) is 19.3 Å². The van der Waals surface area contributed by atoms with Gasteiger partial charge >= 0.3 is 0 Å². The van der Waals surface area contributed by atoms with Crippen LogP contribution in [0.1, 0.15) is 60.2 Å². The second-order valence-corrected chi connectivity index (χ2v) is 8.58. The van der Waals surface area contributed by atoms with Crippen LogP contribution in [0.2, 0.25) is 0 Å². The first-order valence-corrected chi connectivity index (χ1v) is 9.15. The SMILES string of the molecule is Cc1cc(C(=O)C2CCOC3(CCCCC3)C2)sc1Br. The monoisotopic (exact) mass is 356 g/mol. The number of carbonyl (C=O) groups is 1. The summed E-state index contributed by atoms with van der Waals surface area (Å²) < 4.78 is 7.18. The molecule has 1 aromatic heterocycles. The predicted molar refractivity (Wildman–Crippen MR) is 85.6 cm³/mol. The highest BCUT2D eigenvalue weighted by Gasteiger charge is 2.41. The summed E-state index contributed by atoms with van der Waals surface area (Å²) in [5, 5.41) is 0. The summed E-state index contributed by atoms with van der Waals surface area (Å²) in [4.78, 5) is 13.6. The van der Waals surface area contributed by atoms with Gasteiger partial charge in [0.25, 0.3) is 0 Å². The molecule has 0 amide bonds. The van der Waals surface area contributed by atoms with E-state index in [1.54, 1.807) is 11.3 Å². The molecule has 4 heteroatoms. The number of aryl methyl sites for hydroxylation is 1. The first-order chi connectivity index (χ1) is 9.60. The maximum Gasteiger partial charge on any atom is 0.176 e. The molecule has 0 N–H and O–H groups in total. The molecule has 1 unspecified atom stereocenters. The van der Waals surface area contributed by atoms with Gasteiger partial charge in [-0.25, -0.2) is 0 Å². The number of ether oxygens (including phenoxy) is 1. The summed E-state index contributed by atoms with van der Waals surface area (Å²) in [6, 6.07) is 2.03. The molecule has 3 rings (SSSR count). The molecule has 0 radical (unpaired) electrons. The molecule has 110 valence electrons. The van der Waals surface area contributed by atoms with E-state index < -0.39 is 0 Å². The molecule has 0 bridgehead atoms. The van der Waals surface area contributed by atoms with Crippen LogP contribution < -0.4 is 0 Å². The van der Waals surface area contributed by atoms with Gasteiger partial charge in [0, 0.05) is 12.5 Å². The highest BCUT2D eigenvalue weighted by molar-refractivity contribution is 9.11. The molecular formula is C16H21BrO2S. The first-order valence-electron chi connectivity index (χ1n) is 7.54. The summed E-state index contributed by atoms with van der Waals surface area (Å²) in [6.07, 6.45) is 7.93. The van der Waals surface area contributed by atoms with Gasteiger partial charge in [-0.2, -0.15) is 0 Å². The van der Waals surface area contributed by atoms with E-state index in [0.717, 1.165) is 46.5 Å². The first kappa shape index (κ1) is 14.7. The fraction of sp³-hybridized carbons (Fsp3) is 0.688. The third kappa shape index (κ3) is 2.88. The second kappa shape index (κ2) is 5.90. The molecule has 0 aromatic carbocycles. The quantitative estimate of drug-likeness (QED) is 0.686. The number of hydrogen-bond donors (Lipinski definition) is 0. The number of Topliss-reactive ketones (excluding diaryl/α,β-unsaturated/α-hetero) is 1. The predicted octanol–water partition coefficient (Wildman–Crippen LogP) is 5.13. The van der Waals surface area contributed by atoms with Gasteiger partial charge in [0.05, 0.1) is 14.3 Å². The van der Waals surface area contributed by atoms with Crippen molar-refractivity contribution < 1.29 is 9.53 Å². The summed E-state index contributed by atoms with van der Waals surface area (Å²) in [7, 11) is 0. The largest absolute Gasteiger partial charge is 0.375 e. The van der Waals surface area contributed by atoms with E-state index in [1.807, 2.05) is 13.0 Å². The molecule has 1 saturated heterocycles. The highest BCUT2D eigenvalue weighted by Crippen LogP contribution is 2.42. The Bertz CT molecular complexity index is 478. The van der Waals surface area contributed by atoms with Crippen molar-refractivity contribution >= 4 is 33.0 Å². The van der Waals surface area contributed by atoms with E-state index in [9.17, 15) is 4.79 Å². The Balaban J connectivity index is 1.74. The van der Waals surface area contributed by atoms with Crippen molar-refractivity contribution in [3.05, 3.63) is 20.3 Å². The second-order valence-electron chi connectivity index (χ2n) is 6.21. The molecule has 1 atom stereocenters. The van der Waals surface area contributed by atoms with Crippen LogP contribution in [0.5, 0.6) is 0 Å². The van der Waals surface area contributed by atoms with Crippen LogP contribution in [0.25, 0.3) is 0 Å². The van der Waals surface area contributed by atoms with E-state index in [0.29, 0.717) is 5.78 Å². The fourth-order valence-corrected chi connectivity index (χ4v) is 5.13. The van der Waals surface area contributed by atoms with Gasteiger partial charge in [0.2, 0.25) is 0 Å². The van der Waals surface area contributed by atoms with Crippen molar-refractivity contribution in [3.63, 3.8) is 0 Å². The van der Waals surface area contributed by atoms with Crippen LogP contribution in [-0.4, -0.2) is 18.0 Å². The van der Waals surface area contributed by atoms with Crippen molar-refractivity contribution in [3.8, 4) is 0 Å². The number of halogens is 1. The van der Waals surface area contributed by atoms with Crippen molar-refractivity contribution in [1.82, 2.24) is 0 Å². The smallest absolute Gasteiger partial charge is 0.176 e. The van der Waals surface area contributed by atoms with Gasteiger partial charge in [-0.3, -0.25) is 4.79 Å². The van der Waals surface area contributed by atoms with Gasteiger partial charge in [0.15, 0.2) is 5.78 Å². The van der Waals surface area contributed by atoms with Crippen LogP contribution in [0.15, 0.2) is 9.85 Å². The van der Waals surface area contributed by atoms with Crippen LogP contribution >= 0.6 is 27.3 Å². The van der Waals surface area contributed by atoms with Crippen LogP contribution in [0.3, 0.4) is 0 Å². The van der Waals surface area contributed by atoms with E-state index in [-0.39, 0.29) is 11.5 Å². The minimum Gasteiger partial charge on any atom is -0.375 e. The molecule has 2 heterocycles. The van der Waals surface area contributed by atoms with Gasteiger partial charge in [-0.15, -0.1) is 11.3 Å². The minimum absolute atomic E-state index is 0.0142. The zero-order chi connectivity index (χ0) is 14.2. The Labute approximate surface area is 133 Å². The summed E-state index contributed by atoms with van der Waals surface area (Å²) in [5.41, 5.74) is 1.18. The molecule has 2 nitrogen and oxygen atoms in total. The van der Waals surface area contributed by atoms with E-state index in [4.69, 9.17) is 4.74 Å². The molecule has 1 spiro atoms.